The minimum absolute atomic E-state index is 0.535. The second-order valence-electron chi connectivity index (χ2n) is 6.46. The lowest BCUT2D eigenvalue weighted by molar-refractivity contribution is 0.625. The van der Waals surface area contributed by atoms with Gasteiger partial charge < -0.3 is 10.2 Å². The van der Waals surface area contributed by atoms with Crippen LogP contribution in [0.4, 0.5) is 5.69 Å². The van der Waals surface area contributed by atoms with E-state index in [1.165, 1.54) is 24.8 Å². The molecule has 20 heavy (non-hydrogen) atoms. The Bertz CT molecular complexity index is 528. The molecule has 2 aliphatic rings. The van der Waals surface area contributed by atoms with Crippen LogP contribution in [0.1, 0.15) is 44.2 Å². The lowest BCUT2D eigenvalue weighted by Gasteiger charge is -2.25. The fraction of sp³-hybridized carbons (Fsp3) is 0.588. The highest BCUT2D eigenvalue weighted by molar-refractivity contribution is 5.61. The quantitative estimate of drug-likeness (QED) is 0.913. The van der Waals surface area contributed by atoms with Crippen LogP contribution in [0.3, 0.4) is 0 Å². The number of nitriles is 1. The van der Waals surface area contributed by atoms with E-state index in [1.807, 2.05) is 0 Å². The molecule has 1 heterocycles. The Kier molecular flexibility index (Phi) is 3.67. The lowest BCUT2D eigenvalue weighted by atomic mass is 10.1. The highest BCUT2D eigenvalue weighted by Gasteiger charge is 2.28. The number of nitrogens with one attached hydrogen (secondary N) is 1. The summed E-state index contributed by atoms with van der Waals surface area (Å²) < 4.78 is 0. The molecule has 3 nitrogen and oxygen atoms in total. The van der Waals surface area contributed by atoms with Gasteiger partial charge in [0.05, 0.1) is 11.3 Å². The minimum atomic E-state index is 0.535. The predicted octanol–water partition coefficient (Wildman–Crippen LogP) is 3.04. The largest absolute Gasteiger partial charge is 0.367 e. The Morgan fingerprint density at radius 3 is 2.75 bits per heavy atom. The molecule has 106 valence electrons. The average molecular weight is 269 g/mol. The van der Waals surface area contributed by atoms with Crippen LogP contribution in [0.15, 0.2) is 18.2 Å². The minimum Gasteiger partial charge on any atom is -0.367 e. The van der Waals surface area contributed by atoms with Crippen molar-refractivity contribution in [3.05, 3.63) is 29.3 Å². The van der Waals surface area contributed by atoms with Crippen LogP contribution < -0.4 is 10.2 Å². The van der Waals surface area contributed by atoms with E-state index in [4.69, 9.17) is 0 Å². The molecule has 2 fully saturated rings. The zero-order valence-electron chi connectivity index (χ0n) is 12.4. The fourth-order valence-corrected chi connectivity index (χ4v) is 3.22. The molecule has 1 aliphatic carbocycles. The summed E-state index contributed by atoms with van der Waals surface area (Å²) in [4.78, 5) is 2.39. The Balaban J connectivity index is 1.78. The van der Waals surface area contributed by atoms with Gasteiger partial charge in [0.25, 0.3) is 0 Å². The first-order chi connectivity index (χ1) is 9.67. The molecule has 1 saturated carbocycles. The summed E-state index contributed by atoms with van der Waals surface area (Å²) in [5.74, 6) is 0.716. The van der Waals surface area contributed by atoms with Gasteiger partial charge in [-0.15, -0.1) is 0 Å². The van der Waals surface area contributed by atoms with Crippen LogP contribution in [-0.2, 0) is 6.54 Å². The SMILES string of the molecule is CC1CC(C)N(c2ccc(CNC3CC3)cc2C#N)C1. The maximum absolute atomic E-state index is 9.45. The van der Waals surface area contributed by atoms with Crippen LogP contribution in [0.5, 0.6) is 0 Å². The van der Waals surface area contributed by atoms with Crippen molar-refractivity contribution in [1.82, 2.24) is 5.32 Å². The summed E-state index contributed by atoms with van der Waals surface area (Å²) in [7, 11) is 0. The molecule has 0 spiro atoms. The van der Waals surface area contributed by atoms with Gasteiger partial charge in [-0.1, -0.05) is 13.0 Å². The monoisotopic (exact) mass is 269 g/mol. The number of hydrogen-bond donors (Lipinski definition) is 1. The molecule has 1 N–H and O–H groups in total. The average Bonchev–Trinajstić information content (AvgIpc) is 3.21. The van der Waals surface area contributed by atoms with E-state index >= 15 is 0 Å². The van der Waals surface area contributed by atoms with Crippen molar-refractivity contribution in [2.24, 2.45) is 5.92 Å². The molecule has 3 rings (SSSR count). The van der Waals surface area contributed by atoms with Gasteiger partial charge in [0, 0.05) is 25.2 Å². The van der Waals surface area contributed by atoms with E-state index in [-0.39, 0.29) is 0 Å². The van der Waals surface area contributed by atoms with Crippen LogP contribution in [0.25, 0.3) is 0 Å². The molecule has 0 aromatic heterocycles. The first-order valence-corrected chi connectivity index (χ1v) is 7.70. The van der Waals surface area contributed by atoms with Crippen molar-refractivity contribution in [1.29, 1.82) is 5.26 Å². The number of benzene rings is 1. The molecule has 2 atom stereocenters. The molecule has 1 aliphatic heterocycles. The molecule has 3 heteroatoms. The van der Waals surface area contributed by atoms with Gasteiger partial charge in [-0.2, -0.15) is 5.26 Å². The molecule has 1 aromatic carbocycles. The molecule has 0 radical (unpaired) electrons. The summed E-state index contributed by atoms with van der Waals surface area (Å²) >= 11 is 0. The van der Waals surface area contributed by atoms with Crippen LogP contribution >= 0.6 is 0 Å². The smallest absolute Gasteiger partial charge is 0.101 e. The number of hydrogen-bond acceptors (Lipinski definition) is 3. The van der Waals surface area contributed by atoms with Gasteiger partial charge in [0.1, 0.15) is 6.07 Å². The highest BCUT2D eigenvalue weighted by atomic mass is 15.2. The van der Waals surface area contributed by atoms with Crippen molar-refractivity contribution < 1.29 is 0 Å². The summed E-state index contributed by atoms with van der Waals surface area (Å²) in [6.07, 6.45) is 3.81. The molecular formula is C17H23N3. The van der Waals surface area contributed by atoms with Gasteiger partial charge >= 0.3 is 0 Å². The number of rotatable bonds is 4. The Morgan fingerprint density at radius 2 is 2.15 bits per heavy atom. The van der Waals surface area contributed by atoms with Crippen LogP contribution in [0, 0.1) is 17.2 Å². The van der Waals surface area contributed by atoms with Gasteiger partial charge in [0.2, 0.25) is 0 Å². The molecule has 0 amide bonds. The van der Waals surface area contributed by atoms with E-state index in [0.29, 0.717) is 18.0 Å². The summed E-state index contributed by atoms with van der Waals surface area (Å²) in [5, 5.41) is 13.0. The van der Waals surface area contributed by atoms with Crippen molar-refractivity contribution >= 4 is 5.69 Å². The van der Waals surface area contributed by atoms with E-state index < -0.39 is 0 Å². The fourth-order valence-electron chi connectivity index (χ4n) is 3.22. The van der Waals surface area contributed by atoms with E-state index in [9.17, 15) is 5.26 Å². The predicted molar refractivity (Wildman–Crippen MR) is 81.6 cm³/mol. The normalized spacial score (nSPS) is 25.8. The highest BCUT2D eigenvalue weighted by Crippen LogP contribution is 2.31. The Morgan fingerprint density at radius 1 is 1.35 bits per heavy atom. The van der Waals surface area contributed by atoms with Gasteiger partial charge in [-0.3, -0.25) is 0 Å². The number of anilines is 1. The first kappa shape index (κ1) is 13.5. The molecular weight excluding hydrogens is 246 g/mol. The van der Waals surface area contributed by atoms with Crippen molar-refractivity contribution in [3.8, 4) is 6.07 Å². The Labute approximate surface area is 121 Å². The van der Waals surface area contributed by atoms with Crippen molar-refractivity contribution in [3.63, 3.8) is 0 Å². The summed E-state index contributed by atoms with van der Waals surface area (Å²) in [6.45, 7) is 6.49. The van der Waals surface area contributed by atoms with Gasteiger partial charge in [-0.25, -0.2) is 0 Å². The van der Waals surface area contributed by atoms with E-state index in [0.717, 1.165) is 24.3 Å². The second kappa shape index (κ2) is 5.46. The van der Waals surface area contributed by atoms with E-state index in [1.54, 1.807) is 0 Å². The summed E-state index contributed by atoms with van der Waals surface area (Å²) in [5.41, 5.74) is 3.15. The topological polar surface area (TPSA) is 39.1 Å². The first-order valence-electron chi connectivity index (χ1n) is 7.70. The van der Waals surface area contributed by atoms with Gasteiger partial charge in [0.15, 0.2) is 0 Å². The van der Waals surface area contributed by atoms with Crippen LogP contribution in [0.2, 0.25) is 0 Å². The lowest BCUT2D eigenvalue weighted by Crippen LogP contribution is -2.27. The molecule has 2 unspecified atom stereocenters. The maximum Gasteiger partial charge on any atom is 0.101 e. The van der Waals surface area contributed by atoms with E-state index in [2.05, 4.69) is 48.3 Å². The molecule has 1 aromatic rings. The van der Waals surface area contributed by atoms with Gasteiger partial charge in [-0.05, 0) is 49.8 Å². The second-order valence-corrected chi connectivity index (χ2v) is 6.46. The third-order valence-electron chi connectivity index (χ3n) is 4.45. The third kappa shape index (κ3) is 2.81. The Hall–Kier alpha value is -1.53. The summed E-state index contributed by atoms with van der Waals surface area (Å²) in [6, 6.07) is 9.98. The van der Waals surface area contributed by atoms with Crippen molar-refractivity contribution in [2.75, 3.05) is 11.4 Å². The third-order valence-corrected chi connectivity index (χ3v) is 4.45. The van der Waals surface area contributed by atoms with Crippen molar-refractivity contribution in [2.45, 2.75) is 51.7 Å². The zero-order chi connectivity index (χ0) is 14.1. The standard InChI is InChI=1S/C17H23N3/c1-12-7-13(2)20(11-12)17-6-3-14(8-15(17)9-18)10-19-16-4-5-16/h3,6,8,12-13,16,19H,4-5,7,10-11H2,1-2H3. The van der Waals surface area contributed by atoms with Crippen LogP contribution in [-0.4, -0.2) is 18.6 Å². The zero-order valence-corrected chi connectivity index (χ0v) is 12.4. The maximum atomic E-state index is 9.45. The number of nitrogens with zero attached hydrogens (tertiary/aromatic N) is 2. The molecule has 1 saturated heterocycles. The molecule has 0 bridgehead atoms.